The van der Waals surface area contributed by atoms with E-state index in [4.69, 9.17) is 11.6 Å². The van der Waals surface area contributed by atoms with Gasteiger partial charge in [-0.15, -0.1) is 0 Å². The molecule has 1 N–H and O–H groups in total. The molecule has 2 atom stereocenters. The van der Waals surface area contributed by atoms with E-state index in [-0.39, 0.29) is 0 Å². The van der Waals surface area contributed by atoms with E-state index in [1.807, 2.05) is 18.3 Å². The SMILES string of the molecule is Clc1ccc(N2C[C@@H]3CNCC32)cn1. The van der Waals surface area contributed by atoms with Crippen LogP contribution in [-0.2, 0) is 0 Å². The molecule has 74 valence electrons. The second-order valence-corrected chi connectivity index (χ2v) is 4.36. The molecule has 0 spiro atoms. The summed E-state index contributed by atoms with van der Waals surface area (Å²) in [7, 11) is 0. The minimum Gasteiger partial charge on any atom is -0.365 e. The molecule has 2 saturated heterocycles. The van der Waals surface area contributed by atoms with Crippen LogP contribution in [-0.4, -0.2) is 30.7 Å². The number of anilines is 1. The highest BCUT2D eigenvalue weighted by atomic mass is 35.5. The average Bonchev–Trinajstić information content (AvgIpc) is 2.52. The van der Waals surface area contributed by atoms with Gasteiger partial charge in [0.15, 0.2) is 0 Å². The van der Waals surface area contributed by atoms with Gasteiger partial charge in [-0.2, -0.15) is 0 Å². The lowest BCUT2D eigenvalue weighted by Crippen LogP contribution is -2.55. The number of rotatable bonds is 1. The van der Waals surface area contributed by atoms with E-state index in [0.717, 1.165) is 19.0 Å². The van der Waals surface area contributed by atoms with Crippen LogP contribution in [0.5, 0.6) is 0 Å². The Balaban J connectivity index is 1.80. The number of hydrogen-bond donors (Lipinski definition) is 1. The van der Waals surface area contributed by atoms with Crippen LogP contribution >= 0.6 is 11.6 Å². The van der Waals surface area contributed by atoms with Gasteiger partial charge in [-0.05, 0) is 12.1 Å². The van der Waals surface area contributed by atoms with Gasteiger partial charge in [0.1, 0.15) is 5.15 Å². The predicted octanol–water partition coefficient (Wildman–Crippen LogP) is 1.14. The molecule has 4 heteroatoms. The average molecular weight is 210 g/mol. The molecule has 0 radical (unpaired) electrons. The number of pyridine rings is 1. The fourth-order valence-electron chi connectivity index (χ4n) is 2.36. The molecular formula is C10H12ClN3. The molecule has 1 aromatic rings. The third kappa shape index (κ3) is 1.20. The molecule has 3 heterocycles. The van der Waals surface area contributed by atoms with Crippen molar-refractivity contribution in [3.05, 3.63) is 23.5 Å². The molecule has 14 heavy (non-hydrogen) atoms. The molecule has 2 aliphatic heterocycles. The Hall–Kier alpha value is -0.800. The van der Waals surface area contributed by atoms with Crippen LogP contribution < -0.4 is 10.2 Å². The van der Waals surface area contributed by atoms with E-state index in [0.29, 0.717) is 11.2 Å². The van der Waals surface area contributed by atoms with Crippen LogP contribution in [0.15, 0.2) is 18.3 Å². The first-order valence-electron chi connectivity index (χ1n) is 4.93. The topological polar surface area (TPSA) is 28.2 Å². The summed E-state index contributed by atoms with van der Waals surface area (Å²) in [5.74, 6) is 0.839. The third-order valence-corrected chi connectivity index (χ3v) is 3.40. The molecule has 3 rings (SSSR count). The summed E-state index contributed by atoms with van der Waals surface area (Å²) < 4.78 is 0. The molecule has 3 nitrogen and oxygen atoms in total. The minimum atomic E-state index is 0.565. The molecule has 1 aromatic heterocycles. The largest absolute Gasteiger partial charge is 0.365 e. The summed E-state index contributed by atoms with van der Waals surface area (Å²) >= 11 is 5.75. The van der Waals surface area contributed by atoms with Crippen LogP contribution in [0.4, 0.5) is 5.69 Å². The Morgan fingerprint density at radius 2 is 2.36 bits per heavy atom. The monoisotopic (exact) mass is 209 g/mol. The first kappa shape index (κ1) is 8.50. The van der Waals surface area contributed by atoms with Crippen LogP contribution in [0.3, 0.4) is 0 Å². The van der Waals surface area contributed by atoms with E-state index in [9.17, 15) is 0 Å². The van der Waals surface area contributed by atoms with E-state index in [2.05, 4.69) is 15.2 Å². The van der Waals surface area contributed by atoms with Gasteiger partial charge in [-0.1, -0.05) is 11.6 Å². The number of fused-ring (bicyclic) bond motifs is 1. The molecule has 0 aromatic carbocycles. The molecule has 0 amide bonds. The van der Waals surface area contributed by atoms with Crippen molar-refractivity contribution in [2.75, 3.05) is 24.5 Å². The lowest BCUT2D eigenvalue weighted by Gasteiger charge is -2.45. The van der Waals surface area contributed by atoms with Gasteiger partial charge in [-0.25, -0.2) is 4.98 Å². The summed E-state index contributed by atoms with van der Waals surface area (Å²) in [6.07, 6.45) is 1.86. The van der Waals surface area contributed by atoms with Crippen LogP contribution in [0.25, 0.3) is 0 Å². The number of hydrogen-bond acceptors (Lipinski definition) is 3. The lowest BCUT2D eigenvalue weighted by atomic mass is 9.91. The van der Waals surface area contributed by atoms with Crippen molar-refractivity contribution in [3.8, 4) is 0 Å². The maximum absolute atomic E-state index is 5.75. The van der Waals surface area contributed by atoms with Gasteiger partial charge in [-0.3, -0.25) is 0 Å². The summed E-state index contributed by atoms with van der Waals surface area (Å²) in [6, 6.07) is 4.58. The lowest BCUT2D eigenvalue weighted by molar-refractivity contribution is 0.365. The van der Waals surface area contributed by atoms with Crippen molar-refractivity contribution < 1.29 is 0 Å². The number of halogens is 1. The smallest absolute Gasteiger partial charge is 0.129 e. The zero-order valence-corrected chi connectivity index (χ0v) is 8.54. The van der Waals surface area contributed by atoms with Crippen molar-refractivity contribution in [1.29, 1.82) is 0 Å². The fraction of sp³-hybridized carbons (Fsp3) is 0.500. The minimum absolute atomic E-state index is 0.565. The molecule has 0 bridgehead atoms. The molecule has 0 saturated carbocycles. The van der Waals surface area contributed by atoms with Crippen LogP contribution in [0, 0.1) is 5.92 Å². The summed E-state index contributed by atoms with van der Waals surface area (Å²) in [6.45, 7) is 3.43. The van der Waals surface area contributed by atoms with Crippen LogP contribution in [0.1, 0.15) is 0 Å². The first-order chi connectivity index (χ1) is 6.84. The highest BCUT2D eigenvalue weighted by Crippen LogP contribution is 2.32. The van der Waals surface area contributed by atoms with E-state index in [1.165, 1.54) is 12.2 Å². The van der Waals surface area contributed by atoms with Crippen molar-refractivity contribution in [2.45, 2.75) is 6.04 Å². The maximum Gasteiger partial charge on any atom is 0.129 e. The van der Waals surface area contributed by atoms with E-state index < -0.39 is 0 Å². The van der Waals surface area contributed by atoms with Crippen molar-refractivity contribution in [1.82, 2.24) is 10.3 Å². The highest BCUT2D eigenvalue weighted by Gasteiger charge is 2.42. The Bertz CT molecular complexity index is 338. The summed E-state index contributed by atoms with van der Waals surface area (Å²) in [5, 5.41) is 3.97. The maximum atomic E-state index is 5.75. The van der Waals surface area contributed by atoms with Crippen molar-refractivity contribution >= 4 is 17.3 Å². The number of aromatic nitrogens is 1. The Morgan fingerprint density at radius 1 is 1.43 bits per heavy atom. The zero-order chi connectivity index (χ0) is 9.54. The van der Waals surface area contributed by atoms with Gasteiger partial charge in [0.2, 0.25) is 0 Å². The standard InChI is InChI=1S/C10H12ClN3/c11-10-2-1-8(4-13-10)14-6-7-3-12-5-9(7)14/h1-2,4,7,9,12H,3,5-6H2/t7-,9?/m0/s1. The van der Waals surface area contributed by atoms with Crippen molar-refractivity contribution in [3.63, 3.8) is 0 Å². The number of nitrogens with zero attached hydrogens (tertiary/aromatic N) is 2. The van der Waals surface area contributed by atoms with Crippen molar-refractivity contribution in [2.24, 2.45) is 5.92 Å². The molecule has 2 fully saturated rings. The zero-order valence-electron chi connectivity index (χ0n) is 7.78. The van der Waals surface area contributed by atoms with Gasteiger partial charge >= 0.3 is 0 Å². The first-order valence-corrected chi connectivity index (χ1v) is 5.31. The second-order valence-electron chi connectivity index (χ2n) is 3.98. The Labute approximate surface area is 88.1 Å². The van der Waals surface area contributed by atoms with Gasteiger partial charge < -0.3 is 10.2 Å². The second kappa shape index (κ2) is 3.11. The molecule has 1 unspecified atom stereocenters. The highest BCUT2D eigenvalue weighted by molar-refractivity contribution is 6.29. The van der Waals surface area contributed by atoms with Gasteiger partial charge in [0.25, 0.3) is 0 Å². The quantitative estimate of drug-likeness (QED) is 0.704. The summed E-state index contributed by atoms with van der Waals surface area (Å²) in [5.41, 5.74) is 1.19. The predicted molar refractivity (Wildman–Crippen MR) is 56.7 cm³/mol. The van der Waals surface area contributed by atoms with E-state index in [1.54, 1.807) is 0 Å². The number of nitrogens with one attached hydrogen (secondary N) is 1. The van der Waals surface area contributed by atoms with Gasteiger partial charge in [0, 0.05) is 31.6 Å². The molecule has 0 aliphatic carbocycles. The molecular weight excluding hydrogens is 198 g/mol. The Morgan fingerprint density at radius 3 is 3.07 bits per heavy atom. The van der Waals surface area contributed by atoms with Crippen LogP contribution in [0.2, 0.25) is 5.15 Å². The Kier molecular flexibility index (Phi) is 1.89. The summed E-state index contributed by atoms with van der Waals surface area (Å²) in [4.78, 5) is 6.50. The fourth-order valence-corrected chi connectivity index (χ4v) is 2.47. The van der Waals surface area contributed by atoms with E-state index >= 15 is 0 Å². The normalized spacial score (nSPS) is 29.9. The third-order valence-electron chi connectivity index (χ3n) is 3.18. The van der Waals surface area contributed by atoms with Gasteiger partial charge in [0.05, 0.1) is 11.9 Å². The molecule has 2 aliphatic rings.